The van der Waals surface area contributed by atoms with E-state index >= 15 is 0 Å². The van der Waals surface area contributed by atoms with Gasteiger partial charge in [0.25, 0.3) is 0 Å². The van der Waals surface area contributed by atoms with Crippen LogP contribution in [0.1, 0.15) is 38.1 Å². The Morgan fingerprint density at radius 1 is 1.32 bits per heavy atom. The molecule has 1 aliphatic heterocycles. The van der Waals surface area contributed by atoms with E-state index in [2.05, 4.69) is 27.5 Å². The van der Waals surface area contributed by atoms with Crippen LogP contribution in [0.25, 0.3) is 11.0 Å². The molecule has 182 valence electrons. The second-order valence-corrected chi connectivity index (χ2v) is 8.69. The lowest BCUT2D eigenvalue weighted by molar-refractivity contribution is -0.128. The summed E-state index contributed by atoms with van der Waals surface area (Å²) in [5.74, 6) is 0.746. The Kier molecular flexibility index (Phi) is 7.75. The Balaban J connectivity index is 1.63. The third-order valence-electron chi connectivity index (χ3n) is 5.96. The van der Waals surface area contributed by atoms with Crippen molar-refractivity contribution in [3.05, 3.63) is 59.5 Å². The average molecular weight is 470 g/mol. The minimum Gasteiger partial charge on any atom is -0.459 e. The third kappa shape index (κ3) is 5.47. The smallest absolute Gasteiger partial charge is 0.319 e. The van der Waals surface area contributed by atoms with Crippen LogP contribution in [0, 0.1) is 24.6 Å². The van der Waals surface area contributed by atoms with E-state index in [1.165, 1.54) is 18.3 Å². The van der Waals surface area contributed by atoms with Gasteiger partial charge in [0, 0.05) is 31.1 Å². The fourth-order valence-electron chi connectivity index (χ4n) is 3.82. The third-order valence-corrected chi connectivity index (χ3v) is 5.96. The molecule has 1 aromatic carbocycles. The summed E-state index contributed by atoms with van der Waals surface area (Å²) >= 11 is 0. The second-order valence-electron chi connectivity index (χ2n) is 8.69. The molecule has 1 aliphatic rings. The van der Waals surface area contributed by atoms with Crippen molar-refractivity contribution >= 4 is 29.1 Å². The molecule has 1 fully saturated rings. The molecule has 3 N–H and O–H groups in total. The normalized spacial score (nSPS) is 15.5. The zero-order chi connectivity index (χ0) is 25.0. The van der Waals surface area contributed by atoms with Gasteiger partial charge in [-0.25, -0.2) is 14.2 Å². The van der Waals surface area contributed by atoms with E-state index in [4.69, 9.17) is 4.42 Å². The number of hydrogen-bond donors (Lipinski definition) is 3. The molecule has 3 amide bonds. The van der Waals surface area contributed by atoms with Gasteiger partial charge < -0.3 is 25.3 Å². The summed E-state index contributed by atoms with van der Waals surface area (Å²) in [6.07, 6.45) is 3.24. The number of carbonyl (C=O) groups is 2. The summed E-state index contributed by atoms with van der Waals surface area (Å²) in [5.41, 5.74) is 1.86. The zero-order valence-corrected chi connectivity index (χ0v) is 20.2. The molecule has 34 heavy (non-hydrogen) atoms. The molecular weight excluding hydrogens is 437 g/mol. The van der Waals surface area contributed by atoms with Crippen molar-refractivity contribution in [1.29, 1.82) is 0 Å². The summed E-state index contributed by atoms with van der Waals surface area (Å²) in [5, 5.41) is 9.06. The van der Waals surface area contributed by atoms with Gasteiger partial charge in [-0.3, -0.25) is 4.79 Å². The fourth-order valence-corrected chi connectivity index (χ4v) is 3.82. The molecular formula is C25H32FN5O3. The molecule has 8 nitrogen and oxygen atoms in total. The van der Waals surface area contributed by atoms with Crippen molar-refractivity contribution < 1.29 is 18.4 Å². The first-order valence-electron chi connectivity index (χ1n) is 11.3. The Bertz CT molecular complexity index is 1140. The number of nitrogens with zero attached hydrogens (tertiary/aromatic N) is 2. The molecule has 1 aromatic heterocycles. The predicted molar refractivity (Wildman–Crippen MR) is 131 cm³/mol. The highest BCUT2D eigenvalue weighted by Gasteiger charge is 2.32. The van der Waals surface area contributed by atoms with Gasteiger partial charge in [0.1, 0.15) is 23.0 Å². The number of nitrogens with one attached hydrogen (secondary N) is 3. The first-order chi connectivity index (χ1) is 16.1. The van der Waals surface area contributed by atoms with Gasteiger partial charge in [0.05, 0.1) is 23.9 Å². The van der Waals surface area contributed by atoms with Crippen LogP contribution in [0.3, 0.4) is 0 Å². The summed E-state index contributed by atoms with van der Waals surface area (Å²) in [4.78, 5) is 30.6. The first kappa shape index (κ1) is 25.0. The molecule has 9 heteroatoms. The quantitative estimate of drug-likeness (QED) is 0.509. The maximum Gasteiger partial charge on any atom is 0.319 e. The van der Waals surface area contributed by atoms with Crippen molar-refractivity contribution in [2.75, 3.05) is 20.1 Å². The van der Waals surface area contributed by atoms with E-state index in [-0.39, 0.29) is 23.6 Å². The highest BCUT2D eigenvalue weighted by molar-refractivity contribution is 5.88. The topological polar surface area (TPSA) is 99.0 Å². The van der Waals surface area contributed by atoms with Crippen LogP contribution in [0.4, 0.5) is 9.18 Å². The molecule has 0 radical (unpaired) electrons. The van der Waals surface area contributed by atoms with E-state index < -0.39 is 12.1 Å². The number of carbonyl (C=O) groups excluding carboxylic acids is 2. The maximum absolute atomic E-state index is 13.7. The lowest BCUT2D eigenvalue weighted by Gasteiger charge is -2.39. The number of likely N-dealkylation sites (tertiary alicyclic amines) is 1. The summed E-state index contributed by atoms with van der Waals surface area (Å²) in [6, 6.07) is 3.55. The first-order valence-corrected chi connectivity index (χ1v) is 11.3. The number of aliphatic imine (C=N–C) groups is 1. The van der Waals surface area contributed by atoms with Crippen LogP contribution >= 0.6 is 0 Å². The number of hydrogen-bond acceptors (Lipinski definition) is 5. The standard InChI is InChI=1S/C25H32FN5O3/c1-7-19(11-28-16(5)31-12-17(13-31)24(32)27-6)29-25(33)30-22(14(2)3)23-15(4)20-10-18(26)8-9-21(20)34-23/h7-11,14,17,22H,5,12-13H2,1-4,6H3,(H,27,32)(H2,29,30,33)/b19-7+,28-11-. The SMILES string of the molecule is C=C(/N=C\C(=C/C)NC(=O)NC(c1oc2ccc(F)cc2c1C)C(C)C)N1CC(C(=O)NC)C1. The van der Waals surface area contributed by atoms with Crippen molar-refractivity contribution in [3.63, 3.8) is 0 Å². The number of rotatable bonds is 8. The Labute approximate surface area is 199 Å². The van der Waals surface area contributed by atoms with Crippen molar-refractivity contribution in [2.24, 2.45) is 16.8 Å². The second kappa shape index (κ2) is 10.5. The molecule has 0 spiro atoms. The lowest BCUT2D eigenvalue weighted by Crippen LogP contribution is -2.51. The van der Waals surface area contributed by atoms with Crippen LogP contribution in [-0.2, 0) is 4.79 Å². The molecule has 1 atom stereocenters. The lowest BCUT2D eigenvalue weighted by atomic mass is 9.98. The van der Waals surface area contributed by atoms with Crippen molar-refractivity contribution in [1.82, 2.24) is 20.9 Å². The molecule has 1 saturated heterocycles. The van der Waals surface area contributed by atoms with Gasteiger partial charge >= 0.3 is 6.03 Å². The fraction of sp³-hybridized carbons (Fsp3) is 0.400. The maximum atomic E-state index is 13.7. The number of benzene rings is 1. The van der Waals surface area contributed by atoms with E-state index in [9.17, 15) is 14.0 Å². The molecule has 3 rings (SSSR count). The zero-order valence-electron chi connectivity index (χ0n) is 20.2. The molecule has 2 heterocycles. The molecule has 0 saturated carbocycles. The van der Waals surface area contributed by atoms with Crippen LogP contribution in [0.2, 0.25) is 0 Å². The van der Waals surface area contributed by atoms with Crippen molar-refractivity contribution in [3.8, 4) is 0 Å². The number of fused-ring (bicyclic) bond motifs is 1. The van der Waals surface area contributed by atoms with Crippen LogP contribution < -0.4 is 16.0 Å². The van der Waals surface area contributed by atoms with Crippen LogP contribution in [-0.4, -0.2) is 43.2 Å². The van der Waals surface area contributed by atoms with Gasteiger partial charge in [0.2, 0.25) is 5.91 Å². The Hall–Kier alpha value is -3.62. The highest BCUT2D eigenvalue weighted by Crippen LogP contribution is 2.33. The predicted octanol–water partition coefficient (Wildman–Crippen LogP) is 4.00. The minimum atomic E-state index is -0.418. The van der Waals surface area contributed by atoms with E-state index in [0.717, 1.165) is 5.56 Å². The van der Waals surface area contributed by atoms with E-state index in [0.29, 0.717) is 41.3 Å². The number of halogens is 1. The number of allylic oxidation sites excluding steroid dienone is 2. The largest absolute Gasteiger partial charge is 0.459 e. The minimum absolute atomic E-state index is 0.00467. The van der Waals surface area contributed by atoms with Crippen LogP contribution in [0.15, 0.2) is 51.8 Å². The molecule has 1 unspecified atom stereocenters. The monoisotopic (exact) mass is 469 g/mol. The summed E-state index contributed by atoms with van der Waals surface area (Å²) in [7, 11) is 1.62. The Morgan fingerprint density at radius 2 is 2.03 bits per heavy atom. The van der Waals surface area contributed by atoms with Gasteiger partial charge in [-0.15, -0.1) is 0 Å². The number of aryl methyl sites for hydroxylation is 1. The summed E-state index contributed by atoms with van der Waals surface area (Å²) < 4.78 is 19.7. The van der Waals surface area contributed by atoms with Gasteiger partial charge in [-0.05, 0) is 38.0 Å². The Morgan fingerprint density at radius 3 is 2.65 bits per heavy atom. The molecule has 2 aromatic rings. The van der Waals surface area contributed by atoms with Crippen molar-refractivity contribution in [2.45, 2.75) is 33.7 Å². The van der Waals surface area contributed by atoms with Gasteiger partial charge in [0.15, 0.2) is 0 Å². The summed E-state index contributed by atoms with van der Waals surface area (Å²) in [6.45, 7) is 12.6. The number of amides is 3. The van der Waals surface area contributed by atoms with Crippen LogP contribution in [0.5, 0.6) is 0 Å². The number of urea groups is 1. The van der Waals surface area contributed by atoms with Gasteiger partial charge in [-0.2, -0.15) is 0 Å². The van der Waals surface area contributed by atoms with E-state index in [1.807, 2.05) is 25.7 Å². The molecule has 0 aliphatic carbocycles. The van der Waals surface area contributed by atoms with Gasteiger partial charge in [-0.1, -0.05) is 26.5 Å². The highest BCUT2D eigenvalue weighted by atomic mass is 19.1. The molecule has 0 bridgehead atoms. The average Bonchev–Trinajstić information content (AvgIpc) is 3.08. The van der Waals surface area contributed by atoms with E-state index in [1.54, 1.807) is 26.1 Å². The number of furan rings is 1.